The van der Waals surface area contributed by atoms with Gasteiger partial charge in [-0.15, -0.1) is 0 Å². The molecule has 0 fully saturated rings. The lowest BCUT2D eigenvalue weighted by Crippen LogP contribution is -1.98. The van der Waals surface area contributed by atoms with Gasteiger partial charge in [0.25, 0.3) is 0 Å². The second-order valence-corrected chi connectivity index (χ2v) is 6.05. The van der Waals surface area contributed by atoms with E-state index in [9.17, 15) is 4.39 Å². The van der Waals surface area contributed by atoms with Crippen molar-refractivity contribution in [3.8, 4) is 5.75 Å². The van der Waals surface area contributed by atoms with Crippen LogP contribution in [0.5, 0.6) is 5.75 Å². The third-order valence-electron chi connectivity index (χ3n) is 2.32. The van der Waals surface area contributed by atoms with E-state index >= 15 is 0 Å². The number of para-hydroxylation sites is 1. The molecule has 0 amide bonds. The maximum Gasteiger partial charge on any atom is 0.148 e. The van der Waals surface area contributed by atoms with Crippen molar-refractivity contribution in [3.05, 3.63) is 61.2 Å². The minimum Gasteiger partial charge on any atom is -0.486 e. The summed E-state index contributed by atoms with van der Waals surface area (Å²) in [5, 5.41) is 0. The second kappa shape index (κ2) is 6.17. The molecule has 0 saturated heterocycles. The molecular formula is C13H8Br3FO. The first-order valence-corrected chi connectivity index (χ1v) is 7.47. The van der Waals surface area contributed by atoms with Gasteiger partial charge in [0.05, 0.1) is 13.4 Å². The summed E-state index contributed by atoms with van der Waals surface area (Å²) < 4.78 is 21.2. The lowest BCUT2D eigenvalue weighted by molar-refractivity contribution is 0.300. The molecule has 0 aliphatic heterocycles. The van der Waals surface area contributed by atoms with Gasteiger partial charge < -0.3 is 4.74 Å². The topological polar surface area (TPSA) is 9.23 Å². The van der Waals surface area contributed by atoms with Gasteiger partial charge in [-0.1, -0.05) is 18.2 Å². The van der Waals surface area contributed by atoms with Gasteiger partial charge in [-0.25, -0.2) is 4.39 Å². The van der Waals surface area contributed by atoms with Crippen molar-refractivity contribution < 1.29 is 9.13 Å². The van der Waals surface area contributed by atoms with E-state index in [0.29, 0.717) is 16.8 Å². The number of hydrogen-bond donors (Lipinski definition) is 0. The second-order valence-electron chi connectivity index (χ2n) is 3.55. The molecule has 5 heteroatoms. The van der Waals surface area contributed by atoms with Crippen LogP contribution >= 0.6 is 47.8 Å². The summed E-state index contributed by atoms with van der Waals surface area (Å²) >= 11 is 10.0. The van der Waals surface area contributed by atoms with Gasteiger partial charge in [-0.3, -0.25) is 0 Å². The van der Waals surface area contributed by atoms with Crippen molar-refractivity contribution in [2.75, 3.05) is 0 Å². The van der Waals surface area contributed by atoms with Crippen LogP contribution in [0.3, 0.4) is 0 Å². The van der Waals surface area contributed by atoms with Crippen LogP contribution in [-0.2, 0) is 6.61 Å². The number of rotatable bonds is 3. The highest BCUT2D eigenvalue weighted by Gasteiger charge is 2.09. The molecule has 0 bridgehead atoms. The fraction of sp³-hybridized carbons (Fsp3) is 0.0769. The third kappa shape index (κ3) is 3.13. The van der Waals surface area contributed by atoms with Crippen LogP contribution in [0.1, 0.15) is 5.56 Å². The zero-order valence-corrected chi connectivity index (χ0v) is 13.8. The Hall–Kier alpha value is -0.390. The Morgan fingerprint density at radius 1 is 0.944 bits per heavy atom. The minimum absolute atomic E-state index is 0.290. The highest BCUT2D eigenvalue weighted by atomic mass is 79.9. The first kappa shape index (κ1) is 14.0. The molecule has 0 N–H and O–H groups in total. The highest BCUT2D eigenvalue weighted by molar-refractivity contribution is 9.11. The molecule has 18 heavy (non-hydrogen) atoms. The maximum atomic E-state index is 13.3. The maximum absolute atomic E-state index is 13.3. The van der Waals surface area contributed by atoms with Crippen molar-refractivity contribution in [2.45, 2.75) is 6.61 Å². The molecule has 2 aromatic rings. The van der Waals surface area contributed by atoms with E-state index in [2.05, 4.69) is 47.8 Å². The molecule has 0 aliphatic carbocycles. The summed E-state index contributed by atoms with van der Waals surface area (Å²) in [5.41, 5.74) is 0.762. The van der Waals surface area contributed by atoms with E-state index in [0.717, 1.165) is 14.5 Å². The molecule has 0 aliphatic rings. The molecule has 2 rings (SSSR count). The molecule has 0 atom stereocenters. The Balaban J connectivity index is 2.19. The van der Waals surface area contributed by atoms with Crippen molar-refractivity contribution in [1.82, 2.24) is 0 Å². The smallest absolute Gasteiger partial charge is 0.148 e. The highest BCUT2D eigenvalue weighted by Crippen LogP contribution is 2.34. The van der Waals surface area contributed by atoms with Crippen molar-refractivity contribution >= 4 is 47.8 Å². The van der Waals surface area contributed by atoms with Gasteiger partial charge in [0.1, 0.15) is 18.2 Å². The summed E-state index contributed by atoms with van der Waals surface area (Å²) in [7, 11) is 0. The molecule has 0 radical (unpaired) electrons. The van der Waals surface area contributed by atoms with Crippen molar-refractivity contribution in [1.29, 1.82) is 0 Å². The summed E-state index contributed by atoms with van der Waals surface area (Å²) in [4.78, 5) is 0. The number of hydrogen-bond acceptors (Lipinski definition) is 1. The molecule has 0 saturated carbocycles. The SMILES string of the molecule is Fc1cccc(COc2c(Br)cccc2Br)c1Br. The van der Waals surface area contributed by atoms with Crippen LogP contribution < -0.4 is 4.74 Å². The molecule has 2 aromatic carbocycles. The van der Waals surface area contributed by atoms with E-state index in [1.165, 1.54) is 6.07 Å². The van der Waals surface area contributed by atoms with E-state index in [4.69, 9.17) is 4.74 Å². The van der Waals surface area contributed by atoms with E-state index in [1.54, 1.807) is 6.07 Å². The van der Waals surface area contributed by atoms with Crippen LogP contribution in [0.4, 0.5) is 4.39 Å². The zero-order chi connectivity index (χ0) is 13.1. The quantitative estimate of drug-likeness (QED) is 0.598. The first-order valence-electron chi connectivity index (χ1n) is 5.09. The summed E-state index contributed by atoms with van der Waals surface area (Å²) in [6.45, 7) is 0.291. The fourth-order valence-corrected chi connectivity index (χ4v) is 3.04. The Kier molecular flexibility index (Phi) is 4.81. The lowest BCUT2D eigenvalue weighted by atomic mass is 10.2. The predicted molar refractivity (Wildman–Crippen MR) is 80.3 cm³/mol. The van der Waals surface area contributed by atoms with Gasteiger partial charge in [0.15, 0.2) is 0 Å². The predicted octanol–water partition coefficient (Wildman–Crippen LogP) is 5.69. The average Bonchev–Trinajstić information content (AvgIpc) is 2.33. The molecule has 0 spiro atoms. The largest absolute Gasteiger partial charge is 0.486 e. The molecule has 94 valence electrons. The van der Waals surface area contributed by atoms with Crippen molar-refractivity contribution in [3.63, 3.8) is 0 Å². The van der Waals surface area contributed by atoms with Crippen LogP contribution in [0.2, 0.25) is 0 Å². The minimum atomic E-state index is -0.290. The van der Waals surface area contributed by atoms with Gasteiger partial charge in [-0.05, 0) is 66.0 Å². The number of halogens is 4. The Morgan fingerprint density at radius 2 is 1.56 bits per heavy atom. The summed E-state index contributed by atoms with van der Waals surface area (Å²) in [6, 6.07) is 10.6. The molecular weight excluding hydrogens is 431 g/mol. The first-order chi connectivity index (χ1) is 8.59. The molecule has 0 aromatic heterocycles. The summed E-state index contributed by atoms with van der Waals surface area (Å²) in [6.07, 6.45) is 0. The number of ether oxygens (including phenoxy) is 1. The van der Waals surface area contributed by atoms with E-state index in [-0.39, 0.29) is 5.82 Å². The average molecular weight is 439 g/mol. The van der Waals surface area contributed by atoms with Crippen LogP contribution in [0.15, 0.2) is 49.8 Å². The monoisotopic (exact) mass is 436 g/mol. The Morgan fingerprint density at radius 3 is 2.22 bits per heavy atom. The van der Waals surface area contributed by atoms with E-state index in [1.807, 2.05) is 24.3 Å². The van der Waals surface area contributed by atoms with Crippen molar-refractivity contribution in [2.24, 2.45) is 0 Å². The zero-order valence-electron chi connectivity index (χ0n) is 9.09. The van der Waals surface area contributed by atoms with Gasteiger partial charge in [0, 0.05) is 5.56 Å². The molecule has 0 heterocycles. The summed E-state index contributed by atoms with van der Waals surface area (Å²) in [5.74, 6) is 0.413. The third-order valence-corrected chi connectivity index (χ3v) is 4.46. The normalized spacial score (nSPS) is 10.4. The standard InChI is InChI=1S/C13H8Br3FO/c14-9-4-2-5-10(15)13(9)18-7-8-3-1-6-11(17)12(8)16/h1-6H,7H2. The van der Waals surface area contributed by atoms with Gasteiger partial charge in [-0.2, -0.15) is 0 Å². The molecule has 1 nitrogen and oxygen atoms in total. The fourth-order valence-electron chi connectivity index (χ4n) is 1.43. The van der Waals surface area contributed by atoms with Crippen LogP contribution in [-0.4, -0.2) is 0 Å². The van der Waals surface area contributed by atoms with E-state index < -0.39 is 0 Å². The Labute approximate surface area is 130 Å². The van der Waals surface area contributed by atoms with Crippen LogP contribution in [0, 0.1) is 5.82 Å². The Bertz CT molecular complexity index is 552. The van der Waals surface area contributed by atoms with Gasteiger partial charge >= 0.3 is 0 Å². The molecule has 0 unspecified atom stereocenters. The van der Waals surface area contributed by atoms with Gasteiger partial charge in [0.2, 0.25) is 0 Å². The lowest BCUT2D eigenvalue weighted by Gasteiger charge is -2.11. The number of benzene rings is 2. The van der Waals surface area contributed by atoms with Crippen LogP contribution in [0.25, 0.3) is 0 Å².